The molecule has 6 heteroatoms. The molecule has 0 unspecified atom stereocenters. The van der Waals surface area contributed by atoms with Crippen molar-refractivity contribution in [1.29, 1.82) is 0 Å². The summed E-state index contributed by atoms with van der Waals surface area (Å²) in [4.78, 5) is 13.0. The molecule has 0 fully saturated rings. The Morgan fingerprint density at radius 1 is 1.23 bits per heavy atom. The molecule has 0 spiro atoms. The van der Waals surface area contributed by atoms with Gasteiger partial charge in [-0.2, -0.15) is 5.10 Å². The molecule has 0 aliphatic carbocycles. The van der Waals surface area contributed by atoms with E-state index in [1.807, 2.05) is 64.0 Å². The molecule has 0 aliphatic heterocycles. The first-order valence-electron chi connectivity index (χ1n) is 7.07. The third kappa shape index (κ3) is 3.39. The molecule has 118 valence electrons. The summed E-state index contributed by atoms with van der Waals surface area (Å²) >= 11 is 0. The van der Waals surface area contributed by atoms with Crippen LogP contribution in [-0.2, 0) is 5.41 Å². The van der Waals surface area contributed by atoms with Crippen molar-refractivity contribution in [2.75, 3.05) is 24.3 Å². The van der Waals surface area contributed by atoms with Gasteiger partial charge in [0.2, 0.25) is 0 Å². The van der Waals surface area contributed by atoms with E-state index < -0.39 is 6.09 Å². The lowest BCUT2D eigenvalue weighted by Crippen LogP contribution is -2.13. The third-order valence-electron chi connectivity index (χ3n) is 3.32. The van der Waals surface area contributed by atoms with Gasteiger partial charge in [-0.25, -0.2) is 9.48 Å². The van der Waals surface area contributed by atoms with E-state index in [0.29, 0.717) is 5.82 Å². The van der Waals surface area contributed by atoms with Gasteiger partial charge in [-0.1, -0.05) is 20.8 Å². The molecule has 22 heavy (non-hydrogen) atoms. The number of nitrogens with zero attached hydrogens (tertiary/aromatic N) is 3. The molecule has 1 heterocycles. The molecule has 2 aromatic rings. The van der Waals surface area contributed by atoms with Gasteiger partial charge in [0, 0.05) is 31.3 Å². The zero-order chi connectivity index (χ0) is 16.5. The first-order valence-corrected chi connectivity index (χ1v) is 7.07. The molecular weight excluding hydrogens is 280 g/mol. The third-order valence-corrected chi connectivity index (χ3v) is 3.32. The van der Waals surface area contributed by atoms with Crippen molar-refractivity contribution >= 4 is 17.6 Å². The summed E-state index contributed by atoms with van der Waals surface area (Å²) in [6.45, 7) is 6.12. The number of anilines is 2. The van der Waals surface area contributed by atoms with E-state index in [1.54, 1.807) is 10.7 Å². The van der Waals surface area contributed by atoms with Crippen LogP contribution in [0, 0.1) is 0 Å². The summed E-state index contributed by atoms with van der Waals surface area (Å²) in [5.74, 6) is 0.440. The largest absolute Gasteiger partial charge is 0.465 e. The molecule has 0 saturated heterocycles. The number of nitrogens with one attached hydrogen (secondary N) is 1. The van der Waals surface area contributed by atoms with Gasteiger partial charge in [0.25, 0.3) is 0 Å². The highest BCUT2D eigenvalue weighted by molar-refractivity contribution is 5.82. The normalized spacial score (nSPS) is 11.3. The molecule has 2 rings (SSSR count). The van der Waals surface area contributed by atoms with Gasteiger partial charge in [-0.15, -0.1) is 0 Å². The molecule has 0 atom stereocenters. The lowest BCUT2D eigenvalue weighted by Gasteiger charge is -2.15. The van der Waals surface area contributed by atoms with Crippen LogP contribution in [0.5, 0.6) is 0 Å². The Hall–Kier alpha value is -2.50. The minimum absolute atomic E-state index is 0.163. The van der Waals surface area contributed by atoms with Gasteiger partial charge in [-0.3, -0.25) is 5.32 Å². The smallest absolute Gasteiger partial charge is 0.410 e. The number of carbonyl (C=O) groups is 1. The van der Waals surface area contributed by atoms with Crippen LogP contribution in [0.4, 0.5) is 16.3 Å². The number of rotatable bonds is 3. The van der Waals surface area contributed by atoms with Crippen LogP contribution in [0.2, 0.25) is 0 Å². The molecule has 1 aromatic carbocycles. The highest BCUT2D eigenvalue weighted by Gasteiger charge is 2.21. The van der Waals surface area contributed by atoms with Crippen LogP contribution in [0.3, 0.4) is 0 Å². The predicted octanol–water partition coefficient (Wildman–Crippen LogP) is 3.33. The predicted molar refractivity (Wildman–Crippen MR) is 88.2 cm³/mol. The molecule has 6 nitrogen and oxygen atoms in total. The van der Waals surface area contributed by atoms with E-state index in [9.17, 15) is 4.79 Å². The number of aromatic nitrogens is 2. The number of hydrogen-bond acceptors (Lipinski definition) is 3. The van der Waals surface area contributed by atoms with Gasteiger partial charge in [0.05, 0.1) is 11.4 Å². The average Bonchev–Trinajstić information content (AvgIpc) is 2.82. The maximum Gasteiger partial charge on any atom is 0.410 e. The first kappa shape index (κ1) is 15.9. The van der Waals surface area contributed by atoms with Crippen molar-refractivity contribution in [3.8, 4) is 5.69 Å². The second kappa shape index (κ2) is 5.71. The van der Waals surface area contributed by atoms with Crippen molar-refractivity contribution in [2.45, 2.75) is 26.2 Å². The highest BCUT2D eigenvalue weighted by atomic mass is 16.4. The zero-order valence-corrected chi connectivity index (χ0v) is 13.6. The fourth-order valence-electron chi connectivity index (χ4n) is 2.04. The number of hydrogen-bond donors (Lipinski definition) is 2. The second-order valence-corrected chi connectivity index (χ2v) is 6.42. The average molecular weight is 302 g/mol. The maximum absolute atomic E-state index is 11.0. The van der Waals surface area contributed by atoms with Gasteiger partial charge < -0.3 is 10.0 Å². The van der Waals surface area contributed by atoms with E-state index in [2.05, 4.69) is 10.4 Å². The van der Waals surface area contributed by atoms with E-state index in [4.69, 9.17) is 5.11 Å². The second-order valence-electron chi connectivity index (χ2n) is 6.42. The zero-order valence-electron chi connectivity index (χ0n) is 13.6. The fourth-order valence-corrected chi connectivity index (χ4v) is 2.04. The fraction of sp³-hybridized carbons (Fsp3) is 0.375. The maximum atomic E-state index is 11.0. The minimum Gasteiger partial charge on any atom is -0.465 e. The van der Waals surface area contributed by atoms with Gasteiger partial charge in [-0.05, 0) is 24.3 Å². The summed E-state index contributed by atoms with van der Waals surface area (Å²) in [5.41, 5.74) is 2.54. The summed E-state index contributed by atoms with van der Waals surface area (Å²) < 4.78 is 1.62. The van der Waals surface area contributed by atoms with Crippen LogP contribution in [0.1, 0.15) is 26.5 Å². The lowest BCUT2D eigenvalue weighted by molar-refractivity contribution is 0.209. The molecule has 0 aliphatic rings. The first-order chi connectivity index (χ1) is 10.2. The van der Waals surface area contributed by atoms with E-state index in [1.165, 1.54) is 0 Å². The molecule has 1 aromatic heterocycles. The molecule has 2 N–H and O–H groups in total. The molecule has 0 bridgehead atoms. The van der Waals surface area contributed by atoms with Crippen molar-refractivity contribution in [2.24, 2.45) is 0 Å². The van der Waals surface area contributed by atoms with Crippen molar-refractivity contribution in [1.82, 2.24) is 9.78 Å². The molecule has 1 amide bonds. The monoisotopic (exact) mass is 302 g/mol. The van der Waals surface area contributed by atoms with E-state index in [0.717, 1.165) is 17.1 Å². The van der Waals surface area contributed by atoms with Gasteiger partial charge in [0.1, 0.15) is 5.82 Å². The molecule has 0 saturated carbocycles. The number of amides is 1. The highest BCUT2D eigenvalue weighted by Crippen LogP contribution is 2.27. The Bertz CT molecular complexity index is 666. The Kier molecular flexibility index (Phi) is 4.12. The van der Waals surface area contributed by atoms with Gasteiger partial charge in [0.15, 0.2) is 0 Å². The van der Waals surface area contributed by atoms with E-state index >= 15 is 0 Å². The Morgan fingerprint density at radius 3 is 2.27 bits per heavy atom. The van der Waals surface area contributed by atoms with Crippen LogP contribution >= 0.6 is 0 Å². The number of benzene rings is 1. The molecule has 0 radical (unpaired) electrons. The topological polar surface area (TPSA) is 70.4 Å². The lowest BCUT2D eigenvalue weighted by atomic mass is 9.92. The van der Waals surface area contributed by atoms with Crippen molar-refractivity contribution in [3.63, 3.8) is 0 Å². The minimum atomic E-state index is -1.11. The summed E-state index contributed by atoms with van der Waals surface area (Å²) in [7, 11) is 3.94. The Morgan fingerprint density at radius 2 is 1.82 bits per heavy atom. The molecular formula is C16H22N4O2. The van der Waals surface area contributed by atoms with Crippen molar-refractivity contribution in [3.05, 3.63) is 36.0 Å². The quantitative estimate of drug-likeness (QED) is 0.912. The van der Waals surface area contributed by atoms with Gasteiger partial charge >= 0.3 is 6.09 Å². The van der Waals surface area contributed by atoms with Crippen LogP contribution in [0.25, 0.3) is 5.69 Å². The Balaban J connectivity index is 2.47. The number of carboxylic acid groups (broad SMARTS) is 1. The Labute approximate surface area is 130 Å². The van der Waals surface area contributed by atoms with Crippen LogP contribution in [-0.4, -0.2) is 35.1 Å². The summed E-state index contributed by atoms with van der Waals surface area (Å²) in [5, 5.41) is 16.0. The van der Waals surface area contributed by atoms with Crippen molar-refractivity contribution < 1.29 is 9.90 Å². The summed E-state index contributed by atoms with van der Waals surface area (Å²) in [6, 6.07) is 9.55. The standard InChI is InChI=1S/C16H22N4O2/c1-16(2,3)13-10-14(17-15(21)22)20(18-13)12-8-6-11(7-9-12)19(4)5/h6-10,17H,1-5H3,(H,21,22). The van der Waals surface area contributed by atoms with Crippen LogP contribution in [0.15, 0.2) is 30.3 Å². The SMILES string of the molecule is CN(C)c1ccc(-n2nc(C(C)(C)C)cc2NC(=O)O)cc1. The van der Waals surface area contributed by atoms with Crippen LogP contribution < -0.4 is 10.2 Å². The summed E-state index contributed by atoms with van der Waals surface area (Å²) in [6.07, 6.45) is -1.11. The van der Waals surface area contributed by atoms with E-state index in [-0.39, 0.29) is 5.41 Å².